The zero-order valence-corrected chi connectivity index (χ0v) is 23.8. The van der Waals surface area contributed by atoms with Crippen molar-refractivity contribution in [3.8, 4) is 17.2 Å². The molecule has 39 heavy (non-hydrogen) atoms. The van der Waals surface area contributed by atoms with Gasteiger partial charge in [0.15, 0.2) is 18.1 Å². The van der Waals surface area contributed by atoms with Gasteiger partial charge in [-0.1, -0.05) is 41.4 Å². The van der Waals surface area contributed by atoms with Crippen LogP contribution in [-0.2, 0) is 20.9 Å². The van der Waals surface area contributed by atoms with E-state index in [1.165, 1.54) is 13.3 Å². The first-order valence-corrected chi connectivity index (χ1v) is 12.7. The lowest BCUT2D eigenvalue weighted by molar-refractivity contribution is -0.139. The first-order chi connectivity index (χ1) is 18.7. The van der Waals surface area contributed by atoms with E-state index in [1.807, 2.05) is 0 Å². The molecule has 0 unspecified atom stereocenters. The molecule has 0 bridgehead atoms. The van der Waals surface area contributed by atoms with Crippen molar-refractivity contribution >= 4 is 68.8 Å². The Balaban J connectivity index is 1.54. The normalized spacial score (nSPS) is 10.6. The van der Waals surface area contributed by atoms with Crippen LogP contribution in [0.3, 0.4) is 0 Å². The van der Waals surface area contributed by atoms with E-state index < -0.39 is 17.7 Å². The molecule has 3 aromatic carbocycles. The SMILES string of the molecule is COc1ccc(CNC(=O)C(=O)N/N=C\c2cc(Br)c(OCC(=O)Nc3cccc(Cl)c3Cl)c(OC)c2)cc1. The second-order valence-electron chi connectivity index (χ2n) is 7.70. The van der Waals surface area contributed by atoms with Gasteiger partial charge in [-0.05, 0) is 63.5 Å². The molecule has 0 radical (unpaired) electrons. The molecular weight excluding hydrogens is 615 g/mol. The number of amides is 3. The molecule has 0 atom stereocenters. The van der Waals surface area contributed by atoms with Crippen molar-refractivity contribution in [2.45, 2.75) is 6.54 Å². The van der Waals surface area contributed by atoms with Crippen molar-refractivity contribution in [2.75, 3.05) is 26.1 Å². The van der Waals surface area contributed by atoms with Gasteiger partial charge < -0.3 is 24.8 Å². The molecule has 0 aliphatic heterocycles. The minimum Gasteiger partial charge on any atom is -0.497 e. The summed E-state index contributed by atoms with van der Waals surface area (Å²) >= 11 is 15.4. The van der Waals surface area contributed by atoms with Gasteiger partial charge in [-0.15, -0.1) is 0 Å². The Morgan fingerprint density at radius 3 is 2.44 bits per heavy atom. The van der Waals surface area contributed by atoms with Crippen molar-refractivity contribution < 1.29 is 28.6 Å². The van der Waals surface area contributed by atoms with Crippen LogP contribution in [0.25, 0.3) is 0 Å². The quantitative estimate of drug-likeness (QED) is 0.170. The number of benzene rings is 3. The standard InChI is InChI=1S/C26H23BrCl2N4O6/c1-37-17-8-6-15(7-9-17)12-30-25(35)26(36)33-31-13-16-10-18(27)24(21(11-16)38-2)39-14-22(34)32-20-5-3-4-19(28)23(20)29/h3-11,13H,12,14H2,1-2H3,(H,30,35)(H,32,34)(H,33,36)/b31-13-. The van der Waals surface area contributed by atoms with Crippen LogP contribution >= 0.6 is 39.1 Å². The number of carbonyl (C=O) groups excluding carboxylic acids is 3. The van der Waals surface area contributed by atoms with E-state index in [-0.39, 0.29) is 23.9 Å². The van der Waals surface area contributed by atoms with Gasteiger partial charge in [0, 0.05) is 6.54 Å². The summed E-state index contributed by atoms with van der Waals surface area (Å²) in [6.45, 7) is -0.178. The zero-order chi connectivity index (χ0) is 28.4. The van der Waals surface area contributed by atoms with Crippen molar-refractivity contribution in [2.24, 2.45) is 5.10 Å². The van der Waals surface area contributed by atoms with Crippen LogP contribution in [0.1, 0.15) is 11.1 Å². The van der Waals surface area contributed by atoms with Gasteiger partial charge in [0.25, 0.3) is 5.91 Å². The Morgan fingerprint density at radius 2 is 1.74 bits per heavy atom. The maximum absolute atomic E-state index is 12.3. The molecule has 10 nitrogen and oxygen atoms in total. The third-order valence-corrected chi connectivity index (χ3v) is 6.43. The summed E-state index contributed by atoms with van der Waals surface area (Å²) in [7, 11) is 2.98. The van der Waals surface area contributed by atoms with Gasteiger partial charge in [-0.25, -0.2) is 5.43 Å². The third kappa shape index (κ3) is 8.60. The predicted octanol–water partition coefficient (Wildman–Crippen LogP) is 4.56. The molecule has 3 N–H and O–H groups in total. The Morgan fingerprint density at radius 1 is 1.00 bits per heavy atom. The summed E-state index contributed by atoms with van der Waals surface area (Å²) in [6.07, 6.45) is 1.32. The number of ether oxygens (including phenoxy) is 3. The fourth-order valence-electron chi connectivity index (χ4n) is 3.10. The molecule has 0 spiro atoms. The van der Waals surface area contributed by atoms with E-state index in [1.54, 1.807) is 61.7 Å². The Labute approximate surface area is 242 Å². The molecule has 3 rings (SSSR count). The number of anilines is 1. The van der Waals surface area contributed by atoms with E-state index in [0.717, 1.165) is 5.56 Å². The van der Waals surface area contributed by atoms with Gasteiger partial charge in [0.05, 0.1) is 40.6 Å². The van der Waals surface area contributed by atoms with Gasteiger partial charge in [-0.2, -0.15) is 5.10 Å². The molecular formula is C26H23BrCl2N4O6. The average Bonchev–Trinajstić information content (AvgIpc) is 2.93. The highest BCUT2D eigenvalue weighted by Crippen LogP contribution is 2.36. The first-order valence-electron chi connectivity index (χ1n) is 11.2. The predicted molar refractivity (Wildman–Crippen MR) is 152 cm³/mol. The van der Waals surface area contributed by atoms with E-state index in [0.29, 0.717) is 32.2 Å². The van der Waals surface area contributed by atoms with Crippen LogP contribution in [0.5, 0.6) is 17.2 Å². The number of carbonyl (C=O) groups is 3. The molecule has 0 heterocycles. The molecule has 0 fully saturated rings. The fourth-order valence-corrected chi connectivity index (χ4v) is 4.02. The minimum absolute atomic E-state index is 0.162. The van der Waals surface area contributed by atoms with E-state index >= 15 is 0 Å². The number of hydrogen-bond donors (Lipinski definition) is 3. The summed E-state index contributed by atoms with van der Waals surface area (Å²) in [4.78, 5) is 36.4. The Hall–Kier alpha value is -3.80. The lowest BCUT2D eigenvalue weighted by Crippen LogP contribution is -2.37. The number of hydrazone groups is 1. The second kappa shape index (κ2) is 14.4. The number of hydrogen-bond acceptors (Lipinski definition) is 7. The van der Waals surface area contributed by atoms with Crippen LogP contribution in [-0.4, -0.2) is 44.8 Å². The monoisotopic (exact) mass is 636 g/mol. The largest absolute Gasteiger partial charge is 0.497 e. The summed E-state index contributed by atoms with van der Waals surface area (Å²) in [6, 6.07) is 15.1. The number of nitrogens with one attached hydrogen (secondary N) is 3. The van der Waals surface area contributed by atoms with Gasteiger partial charge in [0.1, 0.15) is 5.75 Å². The molecule has 0 aliphatic rings. The fraction of sp³-hybridized carbons (Fsp3) is 0.154. The second-order valence-corrected chi connectivity index (χ2v) is 9.34. The highest BCUT2D eigenvalue weighted by atomic mass is 79.9. The molecule has 0 saturated carbocycles. The highest BCUT2D eigenvalue weighted by molar-refractivity contribution is 9.10. The zero-order valence-electron chi connectivity index (χ0n) is 20.7. The summed E-state index contributed by atoms with van der Waals surface area (Å²) in [5.41, 5.74) is 3.83. The van der Waals surface area contributed by atoms with Crippen LogP contribution in [0, 0.1) is 0 Å². The summed E-state index contributed by atoms with van der Waals surface area (Å²) in [5.74, 6) is -0.997. The van der Waals surface area contributed by atoms with Gasteiger partial charge >= 0.3 is 11.8 Å². The molecule has 3 amide bonds. The lowest BCUT2D eigenvalue weighted by atomic mass is 10.2. The van der Waals surface area contributed by atoms with E-state index in [9.17, 15) is 14.4 Å². The molecule has 0 aromatic heterocycles. The van der Waals surface area contributed by atoms with Crippen molar-refractivity contribution in [1.29, 1.82) is 0 Å². The topological polar surface area (TPSA) is 127 Å². The van der Waals surface area contributed by atoms with E-state index in [4.69, 9.17) is 37.4 Å². The van der Waals surface area contributed by atoms with Gasteiger partial charge in [-0.3, -0.25) is 14.4 Å². The van der Waals surface area contributed by atoms with Crippen LogP contribution < -0.4 is 30.3 Å². The minimum atomic E-state index is -0.934. The summed E-state index contributed by atoms with van der Waals surface area (Å²) < 4.78 is 16.5. The maximum atomic E-state index is 12.3. The number of nitrogens with zero attached hydrogens (tertiary/aromatic N) is 1. The molecule has 13 heteroatoms. The summed E-state index contributed by atoms with van der Waals surface area (Å²) in [5, 5.41) is 9.48. The molecule has 3 aromatic rings. The Bertz CT molecular complexity index is 1390. The Kier molecular flexibility index (Phi) is 11.0. The van der Waals surface area contributed by atoms with Crippen molar-refractivity contribution in [3.63, 3.8) is 0 Å². The molecule has 0 aliphatic carbocycles. The maximum Gasteiger partial charge on any atom is 0.329 e. The number of rotatable bonds is 10. The van der Waals surface area contributed by atoms with Crippen LogP contribution in [0.4, 0.5) is 5.69 Å². The number of halogens is 3. The smallest absolute Gasteiger partial charge is 0.329 e. The van der Waals surface area contributed by atoms with Crippen LogP contribution in [0.15, 0.2) is 64.2 Å². The van der Waals surface area contributed by atoms with Crippen molar-refractivity contribution in [3.05, 3.63) is 80.2 Å². The number of methoxy groups -OCH3 is 2. The van der Waals surface area contributed by atoms with E-state index in [2.05, 4.69) is 37.1 Å². The van der Waals surface area contributed by atoms with Gasteiger partial charge in [0.2, 0.25) is 0 Å². The first kappa shape index (κ1) is 29.8. The highest BCUT2D eigenvalue weighted by Gasteiger charge is 2.15. The van der Waals surface area contributed by atoms with Crippen LogP contribution in [0.2, 0.25) is 10.0 Å². The third-order valence-electron chi connectivity index (χ3n) is 5.02. The molecule has 0 saturated heterocycles. The van der Waals surface area contributed by atoms with Crippen molar-refractivity contribution in [1.82, 2.24) is 10.7 Å². The lowest BCUT2D eigenvalue weighted by Gasteiger charge is -2.14. The average molecular weight is 638 g/mol. The molecule has 204 valence electrons.